The lowest BCUT2D eigenvalue weighted by Crippen LogP contribution is -2.34. The van der Waals surface area contributed by atoms with Gasteiger partial charge in [-0.1, -0.05) is 38.4 Å². The van der Waals surface area contributed by atoms with E-state index in [2.05, 4.69) is 25.8 Å². The van der Waals surface area contributed by atoms with E-state index in [0.717, 1.165) is 12.8 Å². The zero-order chi connectivity index (χ0) is 12.5. The van der Waals surface area contributed by atoms with E-state index >= 15 is 0 Å². The van der Waals surface area contributed by atoms with E-state index in [1.54, 1.807) is 6.07 Å². The third kappa shape index (κ3) is 3.60. The molecule has 17 heavy (non-hydrogen) atoms. The number of hydrogen-bond acceptors (Lipinski definition) is 2. The molecule has 1 aromatic heterocycles. The van der Waals surface area contributed by atoms with E-state index in [1.807, 2.05) is 12.1 Å². The monoisotopic (exact) mass is 253 g/mol. The summed E-state index contributed by atoms with van der Waals surface area (Å²) in [5.74, 6) is 1.36. The molecule has 2 rings (SSSR count). The van der Waals surface area contributed by atoms with Crippen LogP contribution in [0.1, 0.15) is 40.0 Å². The van der Waals surface area contributed by atoms with Crippen molar-refractivity contribution < 1.29 is 4.74 Å². The van der Waals surface area contributed by atoms with Crippen molar-refractivity contribution >= 4 is 11.6 Å². The van der Waals surface area contributed by atoms with Crippen molar-refractivity contribution in [2.75, 3.05) is 0 Å². The molecule has 0 aromatic carbocycles. The molecular formula is C14H20ClNO. The van der Waals surface area contributed by atoms with E-state index in [4.69, 9.17) is 16.3 Å². The molecule has 1 saturated carbocycles. The van der Waals surface area contributed by atoms with Gasteiger partial charge >= 0.3 is 0 Å². The maximum Gasteiger partial charge on any atom is 0.214 e. The molecule has 1 aliphatic rings. The van der Waals surface area contributed by atoms with Gasteiger partial charge in [0.25, 0.3) is 0 Å². The van der Waals surface area contributed by atoms with Crippen LogP contribution in [0.15, 0.2) is 18.2 Å². The first kappa shape index (κ1) is 12.7. The van der Waals surface area contributed by atoms with Gasteiger partial charge in [-0.3, -0.25) is 0 Å². The molecule has 3 heteroatoms. The predicted octanol–water partition coefficient (Wildman–Crippen LogP) is 4.33. The Morgan fingerprint density at radius 2 is 2.12 bits per heavy atom. The summed E-state index contributed by atoms with van der Waals surface area (Å²) in [5.41, 5.74) is 0.362. The molecule has 1 aliphatic carbocycles. The third-order valence-electron chi connectivity index (χ3n) is 3.32. The maximum atomic E-state index is 5.95. The minimum Gasteiger partial charge on any atom is -0.474 e. The van der Waals surface area contributed by atoms with Crippen LogP contribution in [-0.2, 0) is 0 Å². The smallest absolute Gasteiger partial charge is 0.214 e. The molecular weight excluding hydrogens is 234 g/mol. The van der Waals surface area contributed by atoms with Gasteiger partial charge < -0.3 is 4.74 Å². The number of nitrogens with zero attached hydrogens (tertiary/aromatic N) is 1. The van der Waals surface area contributed by atoms with Crippen molar-refractivity contribution in [2.45, 2.75) is 46.1 Å². The summed E-state index contributed by atoms with van der Waals surface area (Å²) in [6.07, 6.45) is 3.73. The molecule has 0 aliphatic heterocycles. The lowest BCUT2D eigenvalue weighted by molar-refractivity contribution is 0.0533. The largest absolute Gasteiger partial charge is 0.474 e. The second-order valence-corrected chi connectivity index (χ2v) is 6.34. The van der Waals surface area contributed by atoms with Gasteiger partial charge in [0.05, 0.1) is 0 Å². The molecule has 0 saturated heterocycles. The van der Waals surface area contributed by atoms with Crippen LogP contribution in [0.5, 0.6) is 5.88 Å². The zero-order valence-corrected chi connectivity index (χ0v) is 11.5. The molecule has 1 fully saturated rings. The SMILES string of the molecule is CC1CC(Oc2cccc(Cl)n2)CC(C)(C)C1. The molecule has 1 aromatic rings. The Morgan fingerprint density at radius 3 is 2.76 bits per heavy atom. The van der Waals surface area contributed by atoms with Crippen molar-refractivity contribution in [1.29, 1.82) is 0 Å². The molecule has 94 valence electrons. The topological polar surface area (TPSA) is 22.1 Å². The number of hydrogen-bond donors (Lipinski definition) is 0. The van der Waals surface area contributed by atoms with Gasteiger partial charge in [-0.25, -0.2) is 4.98 Å². The minimum absolute atomic E-state index is 0.264. The van der Waals surface area contributed by atoms with Gasteiger partial charge in [-0.15, -0.1) is 0 Å². The Bertz CT molecular complexity index is 392. The number of ether oxygens (including phenoxy) is 1. The average Bonchev–Trinajstić information content (AvgIpc) is 2.13. The fourth-order valence-corrected chi connectivity index (χ4v) is 3.13. The summed E-state index contributed by atoms with van der Waals surface area (Å²) in [5, 5.41) is 0.491. The number of rotatable bonds is 2. The summed E-state index contributed by atoms with van der Waals surface area (Å²) in [4.78, 5) is 4.18. The van der Waals surface area contributed by atoms with Gasteiger partial charge in [0.1, 0.15) is 11.3 Å². The highest BCUT2D eigenvalue weighted by molar-refractivity contribution is 6.29. The van der Waals surface area contributed by atoms with Crippen LogP contribution in [0.25, 0.3) is 0 Å². The Kier molecular flexibility index (Phi) is 3.62. The molecule has 2 nitrogen and oxygen atoms in total. The quantitative estimate of drug-likeness (QED) is 0.732. The van der Waals surface area contributed by atoms with Crippen molar-refractivity contribution in [2.24, 2.45) is 11.3 Å². The van der Waals surface area contributed by atoms with Crippen LogP contribution in [0, 0.1) is 11.3 Å². The van der Waals surface area contributed by atoms with Crippen LogP contribution < -0.4 is 4.74 Å². The fraction of sp³-hybridized carbons (Fsp3) is 0.643. The molecule has 0 radical (unpaired) electrons. The molecule has 0 spiro atoms. The number of pyridine rings is 1. The van der Waals surface area contributed by atoms with Crippen LogP contribution in [0.4, 0.5) is 0 Å². The molecule has 2 unspecified atom stereocenters. The van der Waals surface area contributed by atoms with Crippen LogP contribution in [0.2, 0.25) is 5.15 Å². The Labute approximate surface area is 108 Å². The summed E-state index contributed by atoms with van der Waals surface area (Å²) in [6, 6.07) is 5.52. The molecule has 0 bridgehead atoms. The number of aromatic nitrogens is 1. The van der Waals surface area contributed by atoms with Crippen LogP contribution in [-0.4, -0.2) is 11.1 Å². The first-order valence-electron chi connectivity index (χ1n) is 6.24. The minimum atomic E-state index is 0.264. The van der Waals surface area contributed by atoms with E-state index in [0.29, 0.717) is 22.4 Å². The van der Waals surface area contributed by atoms with Crippen LogP contribution in [0.3, 0.4) is 0 Å². The van der Waals surface area contributed by atoms with Crippen LogP contribution >= 0.6 is 11.6 Å². The van der Waals surface area contributed by atoms with E-state index in [9.17, 15) is 0 Å². The molecule has 0 N–H and O–H groups in total. The van der Waals surface area contributed by atoms with Crippen molar-refractivity contribution in [1.82, 2.24) is 4.98 Å². The number of halogens is 1. The van der Waals surface area contributed by atoms with Crippen molar-refractivity contribution in [3.63, 3.8) is 0 Å². The van der Waals surface area contributed by atoms with Gasteiger partial charge in [0.2, 0.25) is 5.88 Å². The normalized spacial score (nSPS) is 27.8. The summed E-state index contributed by atoms with van der Waals surface area (Å²) in [7, 11) is 0. The Balaban J connectivity index is 2.03. The van der Waals surface area contributed by atoms with E-state index in [1.165, 1.54) is 6.42 Å². The molecule has 2 atom stereocenters. The second kappa shape index (κ2) is 4.85. The predicted molar refractivity (Wildman–Crippen MR) is 70.5 cm³/mol. The first-order chi connectivity index (χ1) is 7.94. The zero-order valence-electron chi connectivity index (χ0n) is 10.7. The van der Waals surface area contributed by atoms with Crippen molar-refractivity contribution in [3.8, 4) is 5.88 Å². The van der Waals surface area contributed by atoms with Gasteiger partial charge in [0, 0.05) is 6.07 Å². The summed E-state index contributed by atoms with van der Waals surface area (Å²) < 4.78 is 5.95. The Morgan fingerprint density at radius 1 is 1.35 bits per heavy atom. The summed E-state index contributed by atoms with van der Waals surface area (Å²) in [6.45, 7) is 6.91. The lowest BCUT2D eigenvalue weighted by atomic mass is 9.71. The lowest BCUT2D eigenvalue weighted by Gasteiger charge is -2.38. The van der Waals surface area contributed by atoms with Gasteiger partial charge in [-0.05, 0) is 36.7 Å². The highest BCUT2D eigenvalue weighted by Crippen LogP contribution is 2.39. The van der Waals surface area contributed by atoms with Crippen molar-refractivity contribution in [3.05, 3.63) is 23.4 Å². The third-order valence-corrected chi connectivity index (χ3v) is 3.53. The highest BCUT2D eigenvalue weighted by Gasteiger charge is 2.33. The fourth-order valence-electron chi connectivity index (χ4n) is 2.97. The maximum absolute atomic E-state index is 5.95. The average molecular weight is 254 g/mol. The standard InChI is InChI=1S/C14H20ClNO/c1-10-7-11(9-14(2,3)8-10)17-13-6-4-5-12(15)16-13/h4-6,10-11H,7-9H2,1-3H3. The second-order valence-electron chi connectivity index (χ2n) is 5.95. The summed E-state index contributed by atoms with van der Waals surface area (Å²) >= 11 is 5.86. The first-order valence-corrected chi connectivity index (χ1v) is 6.62. The Hall–Kier alpha value is -0.760. The van der Waals surface area contributed by atoms with Gasteiger partial charge in [-0.2, -0.15) is 0 Å². The van der Waals surface area contributed by atoms with E-state index < -0.39 is 0 Å². The molecule has 0 amide bonds. The van der Waals surface area contributed by atoms with Gasteiger partial charge in [0.15, 0.2) is 0 Å². The molecule has 1 heterocycles. The van der Waals surface area contributed by atoms with E-state index in [-0.39, 0.29) is 6.10 Å². The highest BCUT2D eigenvalue weighted by atomic mass is 35.5.